The van der Waals surface area contributed by atoms with E-state index in [1.807, 2.05) is 0 Å². The smallest absolute Gasteiger partial charge is 0.327 e. The van der Waals surface area contributed by atoms with Crippen LogP contribution in [0.1, 0.15) is 36.0 Å². The van der Waals surface area contributed by atoms with Crippen molar-refractivity contribution in [1.29, 1.82) is 0 Å². The standard InChI is InChI=1S/C19H22BrN3O4/c1-27-14-4-5-16(20)15(10-14)18(25)21-8-6-12(7-9-21)22-11-17(24)23(19(22)26)13-2-3-13/h4-5,10,12-13H,2-3,6-9,11H2,1H3. The molecule has 1 aromatic rings. The van der Waals surface area contributed by atoms with Gasteiger partial charge in [0.2, 0.25) is 0 Å². The maximum atomic E-state index is 12.9. The van der Waals surface area contributed by atoms with E-state index in [9.17, 15) is 14.4 Å². The van der Waals surface area contributed by atoms with Crippen molar-refractivity contribution in [3.63, 3.8) is 0 Å². The van der Waals surface area contributed by atoms with Gasteiger partial charge in [0.15, 0.2) is 0 Å². The Hall–Kier alpha value is -2.09. The summed E-state index contributed by atoms with van der Waals surface area (Å²) in [5, 5.41) is 0. The summed E-state index contributed by atoms with van der Waals surface area (Å²) < 4.78 is 5.95. The molecule has 8 heteroatoms. The average Bonchev–Trinajstić information content (AvgIpc) is 3.46. The molecule has 4 rings (SSSR count). The van der Waals surface area contributed by atoms with Gasteiger partial charge in [-0.2, -0.15) is 0 Å². The fraction of sp³-hybridized carbons (Fsp3) is 0.526. The molecule has 1 aromatic carbocycles. The second-order valence-corrected chi connectivity index (χ2v) is 8.13. The lowest BCUT2D eigenvalue weighted by molar-refractivity contribution is -0.125. The van der Waals surface area contributed by atoms with E-state index in [1.165, 1.54) is 4.90 Å². The van der Waals surface area contributed by atoms with Crippen molar-refractivity contribution in [3.05, 3.63) is 28.2 Å². The minimum atomic E-state index is -0.150. The van der Waals surface area contributed by atoms with Gasteiger partial charge in [-0.15, -0.1) is 0 Å². The van der Waals surface area contributed by atoms with Crippen LogP contribution in [0.15, 0.2) is 22.7 Å². The van der Waals surface area contributed by atoms with Crippen LogP contribution in [0, 0.1) is 0 Å². The van der Waals surface area contributed by atoms with Gasteiger partial charge in [-0.25, -0.2) is 4.79 Å². The molecule has 0 N–H and O–H groups in total. The van der Waals surface area contributed by atoms with E-state index in [1.54, 1.807) is 35.1 Å². The molecular formula is C19H22BrN3O4. The first-order valence-electron chi connectivity index (χ1n) is 9.25. The van der Waals surface area contributed by atoms with E-state index >= 15 is 0 Å². The molecule has 1 saturated carbocycles. The molecule has 2 saturated heterocycles. The highest BCUT2D eigenvalue weighted by atomic mass is 79.9. The lowest BCUT2D eigenvalue weighted by Crippen LogP contribution is -2.48. The monoisotopic (exact) mass is 435 g/mol. The molecule has 0 spiro atoms. The summed E-state index contributed by atoms with van der Waals surface area (Å²) in [5.41, 5.74) is 0.570. The van der Waals surface area contributed by atoms with E-state index in [4.69, 9.17) is 4.74 Å². The van der Waals surface area contributed by atoms with Crippen LogP contribution in [-0.4, -0.2) is 71.4 Å². The van der Waals surface area contributed by atoms with Gasteiger partial charge in [-0.1, -0.05) is 0 Å². The normalized spacial score (nSPS) is 21.2. The van der Waals surface area contributed by atoms with Gasteiger partial charge >= 0.3 is 6.03 Å². The van der Waals surface area contributed by atoms with Crippen molar-refractivity contribution in [2.24, 2.45) is 0 Å². The minimum absolute atomic E-state index is 0.0167. The Labute approximate surface area is 166 Å². The molecule has 27 heavy (non-hydrogen) atoms. The molecule has 1 aliphatic carbocycles. The van der Waals surface area contributed by atoms with Crippen molar-refractivity contribution >= 4 is 33.8 Å². The number of hydrogen-bond acceptors (Lipinski definition) is 4. The molecule has 2 aliphatic heterocycles. The Balaban J connectivity index is 1.40. The van der Waals surface area contributed by atoms with Crippen LogP contribution in [0.25, 0.3) is 0 Å². The van der Waals surface area contributed by atoms with E-state index < -0.39 is 0 Å². The molecule has 0 atom stereocenters. The molecule has 0 unspecified atom stereocenters. The quantitative estimate of drug-likeness (QED) is 0.681. The van der Waals surface area contributed by atoms with Crippen molar-refractivity contribution in [2.75, 3.05) is 26.7 Å². The maximum absolute atomic E-state index is 12.9. The van der Waals surface area contributed by atoms with Crippen LogP contribution in [0.2, 0.25) is 0 Å². The number of nitrogens with zero attached hydrogens (tertiary/aromatic N) is 3. The Morgan fingerprint density at radius 3 is 2.44 bits per heavy atom. The Bertz CT molecular complexity index is 787. The van der Waals surface area contributed by atoms with Gasteiger partial charge in [-0.3, -0.25) is 14.5 Å². The third-order valence-corrected chi connectivity index (χ3v) is 6.23. The van der Waals surface area contributed by atoms with Gasteiger partial charge in [0.25, 0.3) is 11.8 Å². The molecular weight excluding hydrogens is 414 g/mol. The van der Waals surface area contributed by atoms with Crippen molar-refractivity contribution in [2.45, 2.75) is 37.8 Å². The Morgan fingerprint density at radius 1 is 1.11 bits per heavy atom. The zero-order chi connectivity index (χ0) is 19.1. The topological polar surface area (TPSA) is 70.2 Å². The zero-order valence-corrected chi connectivity index (χ0v) is 16.8. The molecule has 2 heterocycles. The fourth-order valence-corrected chi connectivity index (χ4v) is 4.27. The van der Waals surface area contributed by atoms with Gasteiger partial charge < -0.3 is 14.5 Å². The average molecular weight is 436 g/mol. The van der Waals surface area contributed by atoms with Crippen LogP contribution in [0.3, 0.4) is 0 Å². The summed E-state index contributed by atoms with van der Waals surface area (Å²) in [4.78, 5) is 42.6. The highest BCUT2D eigenvalue weighted by Crippen LogP contribution is 2.33. The number of hydrogen-bond donors (Lipinski definition) is 0. The zero-order valence-electron chi connectivity index (χ0n) is 15.2. The number of carbonyl (C=O) groups excluding carboxylic acids is 3. The second-order valence-electron chi connectivity index (χ2n) is 7.27. The van der Waals surface area contributed by atoms with Crippen molar-refractivity contribution in [1.82, 2.24) is 14.7 Å². The highest BCUT2D eigenvalue weighted by molar-refractivity contribution is 9.10. The Kier molecular flexibility index (Phi) is 4.84. The number of ether oxygens (including phenoxy) is 1. The van der Waals surface area contributed by atoms with E-state index in [2.05, 4.69) is 15.9 Å². The molecule has 3 aliphatic rings. The summed E-state index contributed by atoms with van der Waals surface area (Å²) in [5.74, 6) is 0.502. The first kappa shape index (κ1) is 18.3. The molecule has 3 fully saturated rings. The van der Waals surface area contributed by atoms with Gasteiger partial charge in [0, 0.05) is 29.6 Å². The predicted octanol–water partition coefficient (Wildman–Crippen LogP) is 2.49. The highest BCUT2D eigenvalue weighted by Gasteiger charge is 2.47. The first-order chi connectivity index (χ1) is 13.0. The van der Waals surface area contributed by atoms with Crippen LogP contribution in [-0.2, 0) is 4.79 Å². The summed E-state index contributed by atoms with van der Waals surface area (Å²) in [6.45, 7) is 1.30. The van der Waals surface area contributed by atoms with Crippen LogP contribution in [0.5, 0.6) is 5.75 Å². The summed E-state index contributed by atoms with van der Waals surface area (Å²) in [6, 6.07) is 5.32. The molecule has 0 radical (unpaired) electrons. The predicted molar refractivity (Wildman–Crippen MR) is 102 cm³/mol. The third kappa shape index (κ3) is 3.42. The number of benzene rings is 1. The number of likely N-dealkylation sites (tertiary alicyclic amines) is 1. The number of amides is 4. The third-order valence-electron chi connectivity index (χ3n) is 5.53. The lowest BCUT2D eigenvalue weighted by atomic mass is 10.0. The Morgan fingerprint density at radius 2 is 1.81 bits per heavy atom. The van der Waals surface area contributed by atoms with Crippen LogP contribution >= 0.6 is 15.9 Å². The van der Waals surface area contributed by atoms with Crippen LogP contribution in [0.4, 0.5) is 4.79 Å². The molecule has 0 bridgehead atoms. The largest absolute Gasteiger partial charge is 0.497 e. The van der Waals surface area contributed by atoms with E-state index in [0.29, 0.717) is 37.2 Å². The van der Waals surface area contributed by atoms with E-state index in [-0.39, 0.29) is 36.5 Å². The number of imide groups is 1. The summed E-state index contributed by atoms with van der Waals surface area (Å²) >= 11 is 3.43. The van der Waals surface area contributed by atoms with Gasteiger partial charge in [0.1, 0.15) is 12.3 Å². The SMILES string of the molecule is COc1ccc(Br)c(C(=O)N2CCC(N3CC(=O)N(C4CC4)C3=O)CC2)c1. The maximum Gasteiger partial charge on any atom is 0.327 e. The van der Waals surface area contributed by atoms with Gasteiger partial charge in [0.05, 0.1) is 12.7 Å². The van der Waals surface area contributed by atoms with Crippen molar-refractivity contribution in [3.8, 4) is 5.75 Å². The van der Waals surface area contributed by atoms with Gasteiger partial charge in [-0.05, 0) is 59.8 Å². The van der Waals surface area contributed by atoms with Crippen molar-refractivity contribution < 1.29 is 19.1 Å². The number of carbonyl (C=O) groups is 3. The summed E-state index contributed by atoms with van der Waals surface area (Å²) in [7, 11) is 1.57. The molecule has 4 amide bonds. The minimum Gasteiger partial charge on any atom is -0.497 e. The number of methoxy groups -OCH3 is 1. The van der Waals surface area contributed by atoms with Crippen LogP contribution < -0.4 is 4.74 Å². The number of halogens is 1. The van der Waals surface area contributed by atoms with E-state index in [0.717, 1.165) is 17.3 Å². The number of urea groups is 1. The summed E-state index contributed by atoms with van der Waals surface area (Å²) in [6.07, 6.45) is 3.22. The lowest BCUT2D eigenvalue weighted by Gasteiger charge is -2.36. The number of piperidine rings is 1. The molecule has 144 valence electrons. The second kappa shape index (κ2) is 7.14. The first-order valence-corrected chi connectivity index (χ1v) is 10.0. The number of rotatable bonds is 4. The molecule has 0 aromatic heterocycles. The molecule has 7 nitrogen and oxygen atoms in total. The fourth-order valence-electron chi connectivity index (χ4n) is 3.86.